The van der Waals surface area contributed by atoms with Crippen LogP contribution in [0.1, 0.15) is 35.8 Å². The molecule has 0 saturated carbocycles. The molecule has 1 amide bonds. The number of aryl methyl sites for hydroxylation is 2. The zero-order valence-corrected chi connectivity index (χ0v) is 18.9. The molecule has 164 valence electrons. The predicted molar refractivity (Wildman–Crippen MR) is 127 cm³/mol. The lowest BCUT2D eigenvalue weighted by Crippen LogP contribution is -2.13. The Labute approximate surface area is 186 Å². The predicted octanol–water partition coefficient (Wildman–Crippen LogP) is 4.00. The standard InChI is InChI=1S/C18H19N5OS.C4H9NO/c1-24-14-7-12(20)10(8-19)6-13(14)23-17-16-11-4-2-3-5-15(11)25-18(16)22-9-21-17;1-3-5(2)4-6/h6-9,19H,2-5,20H2,1H3,(H,21,22,23);4H,3H2,1-2H3. The first-order chi connectivity index (χ1) is 15.0. The molecule has 4 rings (SSSR count). The van der Waals surface area contributed by atoms with E-state index in [1.54, 1.807) is 42.8 Å². The van der Waals surface area contributed by atoms with Crippen molar-refractivity contribution in [3.63, 3.8) is 0 Å². The second-order valence-electron chi connectivity index (χ2n) is 7.24. The Balaban J connectivity index is 0.000000401. The number of hydrogen-bond acceptors (Lipinski definition) is 8. The molecule has 1 aliphatic rings. The molecule has 4 N–H and O–H groups in total. The summed E-state index contributed by atoms with van der Waals surface area (Å²) in [7, 11) is 3.35. The van der Waals surface area contributed by atoms with Crippen LogP contribution in [0.5, 0.6) is 5.75 Å². The first-order valence-electron chi connectivity index (χ1n) is 10.2. The Morgan fingerprint density at radius 2 is 2.10 bits per heavy atom. The summed E-state index contributed by atoms with van der Waals surface area (Å²) in [5, 5.41) is 12.0. The molecule has 0 fully saturated rings. The van der Waals surface area contributed by atoms with Gasteiger partial charge in [0.05, 0.1) is 18.2 Å². The zero-order valence-electron chi connectivity index (χ0n) is 18.1. The first-order valence-corrected chi connectivity index (χ1v) is 11.0. The number of carbonyl (C=O) groups excluding carboxylic acids is 1. The summed E-state index contributed by atoms with van der Waals surface area (Å²) in [6, 6.07) is 3.54. The van der Waals surface area contributed by atoms with Gasteiger partial charge in [0.25, 0.3) is 0 Å². The Hall–Kier alpha value is -3.20. The monoisotopic (exact) mass is 440 g/mol. The number of methoxy groups -OCH3 is 1. The number of nitrogen functional groups attached to an aromatic ring is 1. The van der Waals surface area contributed by atoms with Crippen LogP contribution >= 0.6 is 11.3 Å². The molecule has 31 heavy (non-hydrogen) atoms. The van der Waals surface area contributed by atoms with Gasteiger partial charge in [-0.25, -0.2) is 9.97 Å². The fourth-order valence-electron chi connectivity index (χ4n) is 3.39. The van der Waals surface area contributed by atoms with Crippen molar-refractivity contribution in [3.05, 3.63) is 34.5 Å². The van der Waals surface area contributed by atoms with Gasteiger partial charge in [-0.15, -0.1) is 11.3 Å². The molecule has 0 aliphatic heterocycles. The van der Waals surface area contributed by atoms with Crippen molar-refractivity contribution in [3.8, 4) is 5.75 Å². The molecule has 0 spiro atoms. The van der Waals surface area contributed by atoms with E-state index in [2.05, 4.69) is 15.3 Å². The summed E-state index contributed by atoms with van der Waals surface area (Å²) >= 11 is 1.77. The number of fused-ring (bicyclic) bond motifs is 3. The van der Waals surface area contributed by atoms with Gasteiger partial charge < -0.3 is 26.1 Å². The lowest BCUT2D eigenvalue weighted by atomic mass is 9.97. The number of amides is 1. The van der Waals surface area contributed by atoms with Gasteiger partial charge in [-0.3, -0.25) is 4.79 Å². The molecule has 1 aromatic carbocycles. The molecule has 0 saturated heterocycles. The number of hydrogen-bond donors (Lipinski definition) is 3. The third kappa shape index (κ3) is 4.93. The van der Waals surface area contributed by atoms with Gasteiger partial charge in [-0.1, -0.05) is 0 Å². The van der Waals surface area contributed by atoms with Gasteiger partial charge >= 0.3 is 0 Å². The zero-order chi connectivity index (χ0) is 22.4. The molecule has 0 radical (unpaired) electrons. The van der Waals surface area contributed by atoms with Crippen LogP contribution in [0, 0.1) is 5.41 Å². The third-order valence-electron chi connectivity index (χ3n) is 5.24. The van der Waals surface area contributed by atoms with Gasteiger partial charge in [0, 0.05) is 42.0 Å². The number of nitrogens with zero attached hydrogens (tertiary/aromatic N) is 3. The molecule has 2 aromatic heterocycles. The molecule has 3 aromatic rings. The summed E-state index contributed by atoms with van der Waals surface area (Å²) in [6.07, 6.45) is 8.28. The minimum atomic E-state index is 0.512. The fourth-order valence-corrected chi connectivity index (χ4v) is 4.62. The first kappa shape index (κ1) is 22.5. The summed E-state index contributed by atoms with van der Waals surface area (Å²) in [5.41, 5.74) is 9.22. The van der Waals surface area contributed by atoms with E-state index in [-0.39, 0.29) is 0 Å². The maximum absolute atomic E-state index is 9.66. The van der Waals surface area contributed by atoms with E-state index in [0.29, 0.717) is 17.0 Å². The van der Waals surface area contributed by atoms with Crippen molar-refractivity contribution >= 4 is 51.4 Å². The molecule has 1 aliphatic carbocycles. The topological polar surface area (TPSA) is 117 Å². The number of benzene rings is 1. The fraction of sp³-hybridized carbons (Fsp3) is 0.364. The van der Waals surface area contributed by atoms with Gasteiger partial charge in [0.1, 0.15) is 22.7 Å². The van der Waals surface area contributed by atoms with Crippen LogP contribution in [0.4, 0.5) is 17.2 Å². The average Bonchev–Trinajstić information content (AvgIpc) is 3.19. The van der Waals surface area contributed by atoms with E-state index in [1.807, 2.05) is 13.0 Å². The largest absolute Gasteiger partial charge is 0.494 e. The molecule has 9 heteroatoms. The van der Waals surface area contributed by atoms with Crippen LogP contribution in [0.2, 0.25) is 0 Å². The Bertz CT molecular complexity index is 1080. The van der Waals surface area contributed by atoms with Gasteiger partial charge in [-0.2, -0.15) is 0 Å². The van der Waals surface area contributed by atoms with Crippen molar-refractivity contribution in [1.29, 1.82) is 5.41 Å². The molecule has 0 bridgehead atoms. The third-order valence-corrected chi connectivity index (χ3v) is 6.44. The summed E-state index contributed by atoms with van der Waals surface area (Å²) in [5.74, 6) is 1.40. The number of nitrogens with one attached hydrogen (secondary N) is 2. The lowest BCUT2D eigenvalue weighted by Gasteiger charge is -2.15. The molecule has 0 atom stereocenters. The van der Waals surface area contributed by atoms with Crippen LogP contribution < -0.4 is 15.8 Å². The van der Waals surface area contributed by atoms with Gasteiger partial charge in [0.2, 0.25) is 6.41 Å². The number of thiophene rings is 1. The van der Waals surface area contributed by atoms with E-state index in [4.69, 9.17) is 15.9 Å². The van der Waals surface area contributed by atoms with Crippen molar-refractivity contribution in [1.82, 2.24) is 14.9 Å². The smallest absolute Gasteiger partial charge is 0.209 e. The van der Waals surface area contributed by atoms with E-state index >= 15 is 0 Å². The molecular formula is C22H28N6O2S. The van der Waals surface area contributed by atoms with Crippen LogP contribution in [0.25, 0.3) is 10.2 Å². The normalized spacial score (nSPS) is 12.4. The van der Waals surface area contributed by atoms with E-state index in [9.17, 15) is 4.79 Å². The van der Waals surface area contributed by atoms with Crippen LogP contribution in [0.15, 0.2) is 18.5 Å². The molecule has 8 nitrogen and oxygen atoms in total. The van der Waals surface area contributed by atoms with Crippen molar-refractivity contribution in [2.75, 3.05) is 31.8 Å². The quantitative estimate of drug-likeness (QED) is 0.303. The average molecular weight is 441 g/mol. The minimum absolute atomic E-state index is 0.512. The number of nitrogens with two attached hydrogens (primary N) is 1. The summed E-state index contributed by atoms with van der Waals surface area (Å²) in [4.78, 5) is 22.6. The molecular weight excluding hydrogens is 412 g/mol. The second kappa shape index (κ2) is 10.2. The second-order valence-corrected chi connectivity index (χ2v) is 8.33. The maximum atomic E-state index is 9.66. The van der Waals surface area contributed by atoms with E-state index in [0.717, 1.165) is 47.5 Å². The van der Waals surface area contributed by atoms with Crippen LogP contribution in [0.3, 0.4) is 0 Å². The summed E-state index contributed by atoms with van der Waals surface area (Å²) in [6.45, 7) is 2.72. The highest BCUT2D eigenvalue weighted by atomic mass is 32.1. The highest BCUT2D eigenvalue weighted by Crippen LogP contribution is 2.40. The number of rotatable bonds is 6. The van der Waals surface area contributed by atoms with Crippen molar-refractivity contribution in [2.45, 2.75) is 32.6 Å². The number of anilines is 3. The number of carbonyl (C=O) groups is 1. The van der Waals surface area contributed by atoms with E-state index in [1.165, 1.54) is 29.5 Å². The number of ether oxygens (including phenoxy) is 1. The van der Waals surface area contributed by atoms with Crippen molar-refractivity contribution in [2.24, 2.45) is 0 Å². The SMILES string of the molecule is CCN(C)C=O.COc1cc(N)c(C=N)cc1Nc1ncnc2sc3c(c12)CCCC3. The Morgan fingerprint density at radius 3 is 2.74 bits per heavy atom. The lowest BCUT2D eigenvalue weighted by molar-refractivity contribution is -0.116. The summed E-state index contributed by atoms with van der Waals surface area (Å²) < 4.78 is 5.45. The highest BCUT2D eigenvalue weighted by Gasteiger charge is 2.20. The minimum Gasteiger partial charge on any atom is -0.494 e. The van der Waals surface area contributed by atoms with Crippen LogP contribution in [-0.4, -0.2) is 48.2 Å². The maximum Gasteiger partial charge on any atom is 0.209 e. The number of aromatic nitrogens is 2. The van der Waals surface area contributed by atoms with E-state index < -0.39 is 0 Å². The van der Waals surface area contributed by atoms with Crippen LogP contribution in [-0.2, 0) is 17.6 Å². The Kier molecular flexibility index (Phi) is 7.41. The molecule has 0 unspecified atom stereocenters. The van der Waals surface area contributed by atoms with Gasteiger partial charge in [-0.05, 0) is 44.2 Å². The highest BCUT2D eigenvalue weighted by molar-refractivity contribution is 7.19. The Morgan fingerprint density at radius 1 is 1.32 bits per heavy atom. The van der Waals surface area contributed by atoms with Gasteiger partial charge in [0.15, 0.2) is 0 Å². The van der Waals surface area contributed by atoms with Crippen molar-refractivity contribution < 1.29 is 9.53 Å². The molecule has 2 heterocycles.